The molecule has 1 aromatic heterocycles. The molecule has 4 aromatic rings. The molecule has 0 spiro atoms. The first-order valence-corrected chi connectivity index (χ1v) is 10.5. The minimum absolute atomic E-state index is 0.0348. The molecule has 31 heavy (non-hydrogen) atoms. The molecule has 2 heterocycles. The second kappa shape index (κ2) is 8.32. The van der Waals surface area contributed by atoms with Gasteiger partial charge in [0.1, 0.15) is 12.1 Å². The van der Waals surface area contributed by atoms with E-state index in [1.807, 2.05) is 70.1 Å². The normalized spacial score (nSPS) is 14.8. The molecule has 1 fully saturated rings. The predicted octanol–water partition coefficient (Wildman–Crippen LogP) is 4.12. The van der Waals surface area contributed by atoms with Crippen LogP contribution in [0, 0.1) is 5.82 Å². The van der Waals surface area contributed by atoms with Gasteiger partial charge >= 0.3 is 0 Å². The average Bonchev–Trinajstić information content (AvgIpc) is 3.25. The number of para-hydroxylation sites is 2. The number of hydrogen-bond donors (Lipinski definition) is 0. The van der Waals surface area contributed by atoms with Crippen LogP contribution < -0.4 is 0 Å². The highest BCUT2D eigenvalue weighted by Gasteiger charge is 2.22. The summed E-state index contributed by atoms with van der Waals surface area (Å²) in [5.74, 6) is -0.139. The molecule has 0 saturated carbocycles. The molecule has 0 atom stereocenters. The van der Waals surface area contributed by atoms with Crippen LogP contribution in [0.25, 0.3) is 16.7 Å². The van der Waals surface area contributed by atoms with Crippen molar-refractivity contribution in [3.63, 3.8) is 0 Å². The van der Waals surface area contributed by atoms with E-state index in [-0.39, 0.29) is 11.7 Å². The maximum absolute atomic E-state index is 13.9. The maximum Gasteiger partial charge on any atom is 0.253 e. The molecule has 1 aliphatic heterocycles. The van der Waals surface area contributed by atoms with Crippen molar-refractivity contribution in [1.29, 1.82) is 0 Å². The highest BCUT2D eigenvalue weighted by atomic mass is 19.1. The molecule has 156 valence electrons. The fraction of sp³-hybridized carbons (Fsp3) is 0.200. The van der Waals surface area contributed by atoms with Crippen molar-refractivity contribution >= 4 is 16.9 Å². The van der Waals surface area contributed by atoms with Gasteiger partial charge in [0.2, 0.25) is 0 Å². The highest BCUT2D eigenvalue weighted by molar-refractivity contribution is 5.94. The molecule has 6 heteroatoms. The van der Waals surface area contributed by atoms with Crippen LogP contribution in [0.1, 0.15) is 15.9 Å². The number of hydrogen-bond acceptors (Lipinski definition) is 3. The van der Waals surface area contributed by atoms with E-state index in [9.17, 15) is 9.18 Å². The topological polar surface area (TPSA) is 41.4 Å². The van der Waals surface area contributed by atoms with E-state index in [1.54, 1.807) is 12.4 Å². The molecule has 0 aliphatic carbocycles. The lowest BCUT2D eigenvalue weighted by molar-refractivity contribution is 0.0627. The van der Waals surface area contributed by atoms with Crippen LogP contribution in [0.15, 0.2) is 79.1 Å². The van der Waals surface area contributed by atoms with Crippen LogP contribution in [0.4, 0.5) is 4.39 Å². The molecule has 0 radical (unpaired) electrons. The monoisotopic (exact) mass is 414 g/mol. The second-order valence-electron chi connectivity index (χ2n) is 7.81. The predicted molar refractivity (Wildman–Crippen MR) is 119 cm³/mol. The van der Waals surface area contributed by atoms with Crippen molar-refractivity contribution < 1.29 is 9.18 Å². The molecule has 0 N–H and O–H groups in total. The number of nitrogens with zero attached hydrogens (tertiary/aromatic N) is 4. The minimum Gasteiger partial charge on any atom is -0.336 e. The number of halogens is 1. The standard InChI is InChI=1S/C25H23FN4O/c26-22-6-2-1-5-20(22)17-28-13-15-29(16-14-28)25(31)19-9-11-21(12-10-19)30-18-27-23-7-3-4-8-24(23)30/h1-12,18H,13-17H2. The summed E-state index contributed by atoms with van der Waals surface area (Å²) >= 11 is 0. The van der Waals surface area contributed by atoms with Crippen LogP contribution in [-0.2, 0) is 6.54 Å². The number of aromatic nitrogens is 2. The molecule has 1 amide bonds. The van der Waals surface area contributed by atoms with E-state index < -0.39 is 0 Å². The van der Waals surface area contributed by atoms with Crippen molar-refractivity contribution in [1.82, 2.24) is 19.4 Å². The van der Waals surface area contributed by atoms with Crippen molar-refractivity contribution in [3.05, 3.63) is 96.1 Å². The number of carbonyl (C=O) groups excluding carboxylic acids is 1. The number of rotatable bonds is 4. The lowest BCUT2D eigenvalue weighted by Gasteiger charge is -2.34. The summed E-state index contributed by atoms with van der Waals surface area (Å²) in [6.45, 7) is 3.32. The van der Waals surface area contributed by atoms with Crippen LogP contribution in [0.3, 0.4) is 0 Å². The van der Waals surface area contributed by atoms with Gasteiger partial charge < -0.3 is 4.90 Å². The van der Waals surface area contributed by atoms with Crippen molar-refractivity contribution in [2.75, 3.05) is 26.2 Å². The van der Waals surface area contributed by atoms with Crippen LogP contribution in [0.5, 0.6) is 0 Å². The Hall–Kier alpha value is -3.51. The highest BCUT2D eigenvalue weighted by Crippen LogP contribution is 2.19. The Kier molecular flexibility index (Phi) is 5.22. The van der Waals surface area contributed by atoms with Gasteiger partial charge in [0, 0.05) is 49.5 Å². The van der Waals surface area contributed by atoms with Gasteiger partial charge in [-0.05, 0) is 42.5 Å². The summed E-state index contributed by atoms with van der Waals surface area (Å²) < 4.78 is 15.9. The Labute approximate surface area is 180 Å². The van der Waals surface area contributed by atoms with Gasteiger partial charge in [-0.3, -0.25) is 14.3 Å². The van der Waals surface area contributed by atoms with E-state index in [1.165, 1.54) is 6.07 Å². The maximum atomic E-state index is 13.9. The summed E-state index contributed by atoms with van der Waals surface area (Å²) in [6.07, 6.45) is 1.80. The smallest absolute Gasteiger partial charge is 0.253 e. The lowest BCUT2D eigenvalue weighted by atomic mass is 10.1. The van der Waals surface area contributed by atoms with Gasteiger partial charge in [-0.25, -0.2) is 9.37 Å². The summed E-state index contributed by atoms with van der Waals surface area (Å²) in [5, 5.41) is 0. The van der Waals surface area contributed by atoms with Gasteiger partial charge in [0.05, 0.1) is 11.0 Å². The van der Waals surface area contributed by atoms with E-state index in [4.69, 9.17) is 0 Å². The Bertz CT molecular complexity index is 1210. The second-order valence-corrected chi connectivity index (χ2v) is 7.81. The minimum atomic E-state index is -0.174. The molecule has 1 aliphatic rings. The van der Waals surface area contributed by atoms with Gasteiger partial charge in [-0.2, -0.15) is 0 Å². The zero-order chi connectivity index (χ0) is 21.2. The number of carbonyl (C=O) groups is 1. The molecular weight excluding hydrogens is 391 g/mol. The average molecular weight is 414 g/mol. The SMILES string of the molecule is O=C(c1ccc(-n2cnc3ccccc32)cc1)N1CCN(Cc2ccccc2F)CC1. The zero-order valence-electron chi connectivity index (χ0n) is 17.1. The molecule has 0 bridgehead atoms. The molecule has 0 unspecified atom stereocenters. The summed E-state index contributed by atoms with van der Waals surface area (Å²) in [7, 11) is 0. The number of benzene rings is 3. The molecule has 1 saturated heterocycles. The Balaban J connectivity index is 1.23. The quantitative estimate of drug-likeness (QED) is 0.504. The van der Waals surface area contributed by atoms with Crippen LogP contribution in [-0.4, -0.2) is 51.4 Å². The number of piperazine rings is 1. The first-order valence-electron chi connectivity index (χ1n) is 10.5. The summed E-state index contributed by atoms with van der Waals surface area (Å²) in [4.78, 5) is 21.4. The van der Waals surface area contributed by atoms with Crippen molar-refractivity contribution in [2.24, 2.45) is 0 Å². The van der Waals surface area contributed by atoms with E-state index >= 15 is 0 Å². The number of amides is 1. The fourth-order valence-electron chi connectivity index (χ4n) is 4.09. The third-order valence-corrected chi connectivity index (χ3v) is 5.86. The molecular formula is C25H23FN4O. The van der Waals surface area contributed by atoms with Gasteiger partial charge in [-0.1, -0.05) is 30.3 Å². The number of imidazole rings is 1. The molecule has 3 aromatic carbocycles. The third-order valence-electron chi connectivity index (χ3n) is 5.86. The molecule has 5 nitrogen and oxygen atoms in total. The third kappa shape index (κ3) is 3.94. The van der Waals surface area contributed by atoms with Crippen LogP contribution in [0.2, 0.25) is 0 Å². The fourth-order valence-corrected chi connectivity index (χ4v) is 4.09. The number of fused-ring (bicyclic) bond motifs is 1. The van der Waals surface area contributed by atoms with E-state index in [0.717, 1.165) is 29.8 Å². The first kappa shape index (κ1) is 19.5. The van der Waals surface area contributed by atoms with Crippen molar-refractivity contribution in [2.45, 2.75) is 6.54 Å². The van der Waals surface area contributed by atoms with E-state index in [0.29, 0.717) is 30.8 Å². The Morgan fingerprint density at radius 3 is 2.35 bits per heavy atom. The molecule has 5 rings (SSSR count). The Morgan fingerprint density at radius 2 is 1.58 bits per heavy atom. The lowest BCUT2D eigenvalue weighted by Crippen LogP contribution is -2.48. The first-order chi connectivity index (χ1) is 15.2. The summed E-state index contributed by atoms with van der Waals surface area (Å²) in [6, 6.07) is 22.5. The van der Waals surface area contributed by atoms with Gasteiger partial charge in [-0.15, -0.1) is 0 Å². The van der Waals surface area contributed by atoms with Crippen molar-refractivity contribution in [3.8, 4) is 5.69 Å². The van der Waals surface area contributed by atoms with Gasteiger partial charge in [0.25, 0.3) is 5.91 Å². The van der Waals surface area contributed by atoms with Gasteiger partial charge in [0.15, 0.2) is 0 Å². The Morgan fingerprint density at radius 1 is 0.871 bits per heavy atom. The van der Waals surface area contributed by atoms with E-state index in [2.05, 4.69) is 9.88 Å². The zero-order valence-corrected chi connectivity index (χ0v) is 17.1. The summed E-state index contributed by atoms with van der Waals surface area (Å²) in [5.41, 5.74) is 4.32. The van der Waals surface area contributed by atoms with Crippen LogP contribution >= 0.6 is 0 Å². The largest absolute Gasteiger partial charge is 0.336 e.